The monoisotopic (exact) mass is 254 g/mol. The van der Waals surface area contributed by atoms with Gasteiger partial charge in [-0.1, -0.05) is 6.92 Å². The van der Waals surface area contributed by atoms with Crippen molar-refractivity contribution in [2.45, 2.75) is 20.3 Å². The molecule has 1 N–H and O–H groups in total. The van der Waals surface area contributed by atoms with Crippen LogP contribution < -0.4 is 10.2 Å². The number of aryl methyl sites for hydroxylation is 1. The van der Waals surface area contributed by atoms with E-state index in [4.69, 9.17) is 0 Å². The van der Waals surface area contributed by atoms with Crippen molar-refractivity contribution >= 4 is 23.5 Å². The Morgan fingerprint density at radius 3 is 2.88 bits per heavy atom. The molecular formula is C12H22N4S. The maximum atomic E-state index is 4.56. The standard InChI is InChI=1S/C12H22N4S/c1-5-6-13-12-14-9-10(2)11(15-12)16(3)7-8-17-4/h9H,5-8H2,1-4H3,(H,13,14,15). The second kappa shape index (κ2) is 7.37. The Balaban J connectivity index is 2.74. The minimum Gasteiger partial charge on any atom is -0.358 e. The number of hydrogen-bond donors (Lipinski definition) is 1. The fraction of sp³-hybridized carbons (Fsp3) is 0.667. The van der Waals surface area contributed by atoms with Crippen molar-refractivity contribution in [3.05, 3.63) is 11.8 Å². The van der Waals surface area contributed by atoms with Crippen molar-refractivity contribution < 1.29 is 0 Å². The van der Waals surface area contributed by atoms with E-state index in [-0.39, 0.29) is 0 Å². The van der Waals surface area contributed by atoms with Gasteiger partial charge in [0.2, 0.25) is 5.95 Å². The first-order valence-electron chi connectivity index (χ1n) is 5.96. The van der Waals surface area contributed by atoms with Gasteiger partial charge < -0.3 is 10.2 Å². The SMILES string of the molecule is CCCNc1ncc(C)c(N(C)CCSC)n1. The second-order valence-corrected chi connectivity index (χ2v) is 5.03. The maximum absolute atomic E-state index is 4.56. The molecule has 0 aliphatic rings. The maximum Gasteiger partial charge on any atom is 0.224 e. The molecule has 0 aliphatic heterocycles. The lowest BCUT2D eigenvalue weighted by atomic mass is 10.3. The summed E-state index contributed by atoms with van der Waals surface area (Å²) in [5.41, 5.74) is 1.12. The highest BCUT2D eigenvalue weighted by Gasteiger charge is 2.08. The highest BCUT2D eigenvalue weighted by atomic mass is 32.2. The van der Waals surface area contributed by atoms with E-state index in [2.05, 4.69) is 47.3 Å². The average Bonchev–Trinajstić information content (AvgIpc) is 2.35. The molecule has 4 nitrogen and oxygen atoms in total. The Hall–Kier alpha value is -0.970. The number of anilines is 2. The molecule has 0 bridgehead atoms. The van der Waals surface area contributed by atoms with Crippen molar-refractivity contribution in [2.75, 3.05) is 42.4 Å². The zero-order valence-corrected chi connectivity index (χ0v) is 12.0. The van der Waals surface area contributed by atoms with E-state index in [1.54, 1.807) is 0 Å². The van der Waals surface area contributed by atoms with Gasteiger partial charge in [0.15, 0.2) is 0 Å². The molecule has 0 spiro atoms. The Labute approximate surface area is 108 Å². The molecule has 0 radical (unpaired) electrons. The molecule has 96 valence electrons. The lowest BCUT2D eigenvalue weighted by Crippen LogP contribution is -2.23. The van der Waals surface area contributed by atoms with Crippen LogP contribution in [0.15, 0.2) is 6.20 Å². The lowest BCUT2D eigenvalue weighted by molar-refractivity contribution is 0.908. The molecule has 1 aromatic heterocycles. The van der Waals surface area contributed by atoms with E-state index >= 15 is 0 Å². The third-order valence-corrected chi connectivity index (χ3v) is 3.06. The van der Waals surface area contributed by atoms with Crippen molar-refractivity contribution in [1.82, 2.24) is 9.97 Å². The smallest absolute Gasteiger partial charge is 0.224 e. The van der Waals surface area contributed by atoms with Crippen LogP contribution in [0.5, 0.6) is 0 Å². The van der Waals surface area contributed by atoms with Crippen LogP contribution in [0.3, 0.4) is 0 Å². The van der Waals surface area contributed by atoms with Gasteiger partial charge in [-0.3, -0.25) is 0 Å². The summed E-state index contributed by atoms with van der Waals surface area (Å²) in [7, 11) is 2.08. The number of nitrogens with one attached hydrogen (secondary N) is 1. The quantitative estimate of drug-likeness (QED) is 0.809. The number of hydrogen-bond acceptors (Lipinski definition) is 5. The van der Waals surface area contributed by atoms with Gasteiger partial charge in [0.1, 0.15) is 5.82 Å². The van der Waals surface area contributed by atoms with Gasteiger partial charge in [0.25, 0.3) is 0 Å². The molecule has 1 heterocycles. The van der Waals surface area contributed by atoms with Gasteiger partial charge in [0, 0.05) is 37.7 Å². The molecule has 0 atom stereocenters. The summed E-state index contributed by atoms with van der Waals surface area (Å²) in [6.07, 6.45) is 5.08. The fourth-order valence-corrected chi connectivity index (χ4v) is 1.93. The summed E-state index contributed by atoms with van der Waals surface area (Å²) in [5, 5.41) is 3.22. The highest BCUT2D eigenvalue weighted by molar-refractivity contribution is 7.98. The lowest BCUT2D eigenvalue weighted by Gasteiger charge is -2.20. The molecule has 0 saturated carbocycles. The highest BCUT2D eigenvalue weighted by Crippen LogP contribution is 2.16. The van der Waals surface area contributed by atoms with E-state index in [9.17, 15) is 0 Å². The molecule has 17 heavy (non-hydrogen) atoms. The van der Waals surface area contributed by atoms with Crippen LogP contribution in [-0.4, -0.2) is 42.1 Å². The van der Waals surface area contributed by atoms with Gasteiger partial charge in [0.05, 0.1) is 0 Å². The van der Waals surface area contributed by atoms with E-state index in [1.165, 1.54) is 0 Å². The molecule has 1 rings (SSSR count). The summed E-state index contributed by atoms with van der Waals surface area (Å²) in [5.74, 6) is 2.86. The minimum absolute atomic E-state index is 0.725. The third-order valence-electron chi connectivity index (χ3n) is 2.47. The zero-order chi connectivity index (χ0) is 12.7. The van der Waals surface area contributed by atoms with Crippen molar-refractivity contribution in [1.29, 1.82) is 0 Å². The van der Waals surface area contributed by atoms with Gasteiger partial charge in [-0.05, 0) is 19.6 Å². The van der Waals surface area contributed by atoms with Gasteiger partial charge in [-0.2, -0.15) is 16.7 Å². The Morgan fingerprint density at radius 2 is 2.24 bits per heavy atom. The van der Waals surface area contributed by atoms with Crippen molar-refractivity contribution in [3.63, 3.8) is 0 Å². The van der Waals surface area contributed by atoms with Crippen molar-refractivity contribution in [2.24, 2.45) is 0 Å². The largest absolute Gasteiger partial charge is 0.358 e. The van der Waals surface area contributed by atoms with Gasteiger partial charge in [-0.15, -0.1) is 0 Å². The number of nitrogens with zero attached hydrogens (tertiary/aromatic N) is 3. The van der Waals surface area contributed by atoms with E-state index < -0.39 is 0 Å². The Bertz CT molecular complexity index is 343. The van der Waals surface area contributed by atoms with Crippen LogP contribution in [0.25, 0.3) is 0 Å². The van der Waals surface area contributed by atoms with Crippen LogP contribution in [0.4, 0.5) is 11.8 Å². The topological polar surface area (TPSA) is 41.1 Å². The first-order valence-corrected chi connectivity index (χ1v) is 7.36. The van der Waals surface area contributed by atoms with Crippen LogP contribution in [0.1, 0.15) is 18.9 Å². The molecule has 0 unspecified atom stereocenters. The predicted octanol–water partition coefficient (Wildman–Crippen LogP) is 2.41. The fourth-order valence-electron chi connectivity index (χ4n) is 1.48. The molecular weight excluding hydrogens is 232 g/mol. The van der Waals surface area contributed by atoms with E-state index in [0.29, 0.717) is 0 Å². The van der Waals surface area contributed by atoms with Crippen LogP contribution in [0, 0.1) is 6.92 Å². The zero-order valence-electron chi connectivity index (χ0n) is 11.2. The summed E-state index contributed by atoms with van der Waals surface area (Å²) in [6, 6.07) is 0. The van der Waals surface area contributed by atoms with Gasteiger partial charge >= 0.3 is 0 Å². The summed E-state index contributed by atoms with van der Waals surface area (Å²) in [6.45, 7) is 6.10. The third kappa shape index (κ3) is 4.42. The normalized spacial score (nSPS) is 10.4. The number of aromatic nitrogens is 2. The van der Waals surface area contributed by atoms with Crippen LogP contribution in [0.2, 0.25) is 0 Å². The molecule has 0 fully saturated rings. The number of thioether (sulfide) groups is 1. The number of rotatable bonds is 7. The van der Waals surface area contributed by atoms with E-state index in [0.717, 1.165) is 42.6 Å². The summed E-state index contributed by atoms with van der Waals surface area (Å²) in [4.78, 5) is 11.0. The molecule has 0 aromatic carbocycles. The molecule has 0 amide bonds. The first kappa shape index (κ1) is 14.1. The van der Waals surface area contributed by atoms with Crippen molar-refractivity contribution in [3.8, 4) is 0 Å². The van der Waals surface area contributed by atoms with Gasteiger partial charge in [-0.25, -0.2) is 4.98 Å². The van der Waals surface area contributed by atoms with E-state index in [1.807, 2.05) is 18.0 Å². The minimum atomic E-state index is 0.725. The second-order valence-electron chi connectivity index (χ2n) is 4.04. The molecule has 0 aliphatic carbocycles. The Morgan fingerprint density at radius 1 is 1.47 bits per heavy atom. The molecule has 5 heteroatoms. The molecule has 0 saturated heterocycles. The van der Waals surface area contributed by atoms with Crippen LogP contribution in [-0.2, 0) is 0 Å². The summed E-state index contributed by atoms with van der Waals surface area (Å²) < 4.78 is 0. The summed E-state index contributed by atoms with van der Waals surface area (Å²) >= 11 is 1.85. The Kier molecular flexibility index (Phi) is 6.11. The first-order chi connectivity index (χ1) is 8.19. The predicted molar refractivity (Wildman–Crippen MR) is 77.2 cm³/mol. The molecule has 1 aromatic rings. The average molecular weight is 254 g/mol. The van der Waals surface area contributed by atoms with Crippen LogP contribution >= 0.6 is 11.8 Å².